The molecular formula is C13H18N4O2. The van der Waals surface area contributed by atoms with Crippen LogP contribution in [-0.4, -0.2) is 41.3 Å². The minimum atomic E-state index is -0.204. The summed E-state index contributed by atoms with van der Waals surface area (Å²) >= 11 is 0. The van der Waals surface area contributed by atoms with Gasteiger partial charge in [0.25, 0.3) is 0 Å². The standard InChI is InChI=1S/C13H18N4O2/c14-10-3-4-11(15-8-10)7-12(18)16-9-13(19)17-5-1-2-6-17/h3-4,8H,1-2,5-7,9,14H2,(H,16,18). The Hall–Kier alpha value is -2.11. The van der Waals surface area contributed by atoms with E-state index in [1.807, 2.05) is 0 Å². The molecule has 0 aromatic carbocycles. The molecule has 102 valence electrons. The summed E-state index contributed by atoms with van der Waals surface area (Å²) in [6.45, 7) is 1.66. The van der Waals surface area contributed by atoms with Crippen LogP contribution >= 0.6 is 0 Å². The molecular weight excluding hydrogens is 244 g/mol. The fourth-order valence-corrected chi connectivity index (χ4v) is 2.02. The zero-order valence-electron chi connectivity index (χ0n) is 10.8. The average molecular weight is 262 g/mol. The number of hydrogen-bond acceptors (Lipinski definition) is 4. The quantitative estimate of drug-likeness (QED) is 0.796. The Morgan fingerprint density at radius 3 is 2.68 bits per heavy atom. The van der Waals surface area contributed by atoms with Crippen LogP contribution in [-0.2, 0) is 16.0 Å². The lowest BCUT2D eigenvalue weighted by atomic mass is 10.2. The van der Waals surface area contributed by atoms with Crippen molar-refractivity contribution in [2.45, 2.75) is 19.3 Å². The van der Waals surface area contributed by atoms with E-state index in [-0.39, 0.29) is 24.8 Å². The van der Waals surface area contributed by atoms with Crippen molar-refractivity contribution in [3.05, 3.63) is 24.0 Å². The SMILES string of the molecule is Nc1ccc(CC(=O)NCC(=O)N2CCCC2)nc1. The van der Waals surface area contributed by atoms with Gasteiger partial charge in [-0.05, 0) is 25.0 Å². The first-order valence-electron chi connectivity index (χ1n) is 6.40. The second kappa shape index (κ2) is 6.17. The molecule has 0 bridgehead atoms. The molecule has 1 fully saturated rings. The number of pyridine rings is 1. The van der Waals surface area contributed by atoms with Gasteiger partial charge in [0.05, 0.1) is 24.8 Å². The smallest absolute Gasteiger partial charge is 0.241 e. The van der Waals surface area contributed by atoms with E-state index >= 15 is 0 Å². The van der Waals surface area contributed by atoms with Gasteiger partial charge in [-0.2, -0.15) is 0 Å². The molecule has 1 aliphatic rings. The number of nitrogens with two attached hydrogens (primary N) is 1. The molecule has 2 amide bonds. The highest BCUT2D eigenvalue weighted by atomic mass is 16.2. The maximum atomic E-state index is 11.7. The molecule has 6 heteroatoms. The summed E-state index contributed by atoms with van der Waals surface area (Å²) in [6, 6.07) is 3.40. The highest BCUT2D eigenvalue weighted by molar-refractivity contribution is 5.85. The molecule has 1 aromatic rings. The van der Waals surface area contributed by atoms with E-state index < -0.39 is 0 Å². The van der Waals surface area contributed by atoms with E-state index in [1.54, 1.807) is 17.0 Å². The predicted molar refractivity (Wildman–Crippen MR) is 71.2 cm³/mol. The van der Waals surface area contributed by atoms with Crippen LogP contribution in [0.1, 0.15) is 18.5 Å². The van der Waals surface area contributed by atoms with Gasteiger partial charge in [0.2, 0.25) is 11.8 Å². The number of carbonyl (C=O) groups is 2. The first-order valence-corrected chi connectivity index (χ1v) is 6.40. The topological polar surface area (TPSA) is 88.3 Å². The normalized spacial score (nSPS) is 14.4. The third kappa shape index (κ3) is 3.94. The molecule has 1 aliphatic heterocycles. The molecule has 0 saturated carbocycles. The third-order valence-corrected chi connectivity index (χ3v) is 3.08. The molecule has 0 radical (unpaired) electrons. The van der Waals surface area contributed by atoms with E-state index in [2.05, 4.69) is 10.3 Å². The van der Waals surface area contributed by atoms with Crippen LogP contribution in [0.4, 0.5) is 5.69 Å². The third-order valence-electron chi connectivity index (χ3n) is 3.08. The molecule has 0 unspecified atom stereocenters. The molecule has 6 nitrogen and oxygen atoms in total. The van der Waals surface area contributed by atoms with Gasteiger partial charge in [0.1, 0.15) is 0 Å². The Morgan fingerprint density at radius 2 is 2.05 bits per heavy atom. The largest absolute Gasteiger partial charge is 0.397 e. The van der Waals surface area contributed by atoms with Crippen LogP contribution < -0.4 is 11.1 Å². The van der Waals surface area contributed by atoms with Crippen LogP contribution in [0, 0.1) is 0 Å². The van der Waals surface area contributed by atoms with Gasteiger partial charge in [0.15, 0.2) is 0 Å². The first kappa shape index (κ1) is 13.3. The number of nitrogens with one attached hydrogen (secondary N) is 1. The fraction of sp³-hybridized carbons (Fsp3) is 0.462. The summed E-state index contributed by atoms with van der Waals surface area (Å²) in [5.41, 5.74) is 6.71. The van der Waals surface area contributed by atoms with Crippen LogP contribution in [0.25, 0.3) is 0 Å². The number of aromatic nitrogens is 1. The molecule has 1 saturated heterocycles. The molecule has 2 heterocycles. The fourth-order valence-electron chi connectivity index (χ4n) is 2.02. The summed E-state index contributed by atoms with van der Waals surface area (Å²) in [7, 11) is 0. The maximum absolute atomic E-state index is 11.7. The van der Waals surface area contributed by atoms with E-state index in [0.29, 0.717) is 11.4 Å². The molecule has 19 heavy (non-hydrogen) atoms. The predicted octanol–water partition coefficient (Wildman–Crippen LogP) is -0.0551. The van der Waals surface area contributed by atoms with E-state index in [0.717, 1.165) is 25.9 Å². The number of nitrogens with zero attached hydrogens (tertiary/aromatic N) is 2. The molecule has 1 aromatic heterocycles. The number of nitrogen functional groups attached to an aromatic ring is 1. The number of amides is 2. The Kier molecular flexibility index (Phi) is 4.33. The lowest BCUT2D eigenvalue weighted by Crippen LogP contribution is -2.39. The van der Waals surface area contributed by atoms with Crippen LogP contribution in [0.15, 0.2) is 18.3 Å². The van der Waals surface area contributed by atoms with Gasteiger partial charge in [-0.1, -0.05) is 0 Å². The molecule has 0 spiro atoms. The lowest BCUT2D eigenvalue weighted by Gasteiger charge is -2.15. The molecule has 0 aliphatic carbocycles. The summed E-state index contributed by atoms with van der Waals surface area (Å²) in [6.07, 6.45) is 3.77. The minimum Gasteiger partial charge on any atom is -0.397 e. The van der Waals surface area contributed by atoms with Crippen molar-refractivity contribution in [1.29, 1.82) is 0 Å². The lowest BCUT2D eigenvalue weighted by molar-refractivity contribution is -0.131. The molecule has 3 N–H and O–H groups in total. The number of hydrogen-bond donors (Lipinski definition) is 2. The molecule has 2 rings (SSSR count). The second-order valence-electron chi connectivity index (χ2n) is 4.62. The van der Waals surface area contributed by atoms with Gasteiger partial charge in [0, 0.05) is 18.8 Å². The number of likely N-dealkylation sites (tertiary alicyclic amines) is 1. The van der Waals surface area contributed by atoms with Crippen molar-refractivity contribution in [3.8, 4) is 0 Å². The summed E-state index contributed by atoms with van der Waals surface area (Å²) in [5.74, 6) is -0.221. The van der Waals surface area contributed by atoms with Gasteiger partial charge in [-0.3, -0.25) is 14.6 Å². The minimum absolute atomic E-state index is 0.0175. The van der Waals surface area contributed by atoms with Gasteiger partial charge in [-0.25, -0.2) is 0 Å². The van der Waals surface area contributed by atoms with Crippen molar-refractivity contribution in [1.82, 2.24) is 15.2 Å². The number of anilines is 1. The highest BCUT2D eigenvalue weighted by Gasteiger charge is 2.18. The van der Waals surface area contributed by atoms with Gasteiger partial charge < -0.3 is 16.0 Å². The van der Waals surface area contributed by atoms with Crippen molar-refractivity contribution in [2.75, 3.05) is 25.4 Å². The summed E-state index contributed by atoms with van der Waals surface area (Å²) in [4.78, 5) is 29.2. The first-order chi connectivity index (χ1) is 9.15. The van der Waals surface area contributed by atoms with Crippen molar-refractivity contribution < 1.29 is 9.59 Å². The monoisotopic (exact) mass is 262 g/mol. The zero-order chi connectivity index (χ0) is 13.7. The Bertz CT molecular complexity index is 452. The van der Waals surface area contributed by atoms with Crippen molar-refractivity contribution >= 4 is 17.5 Å². The maximum Gasteiger partial charge on any atom is 0.241 e. The van der Waals surface area contributed by atoms with E-state index in [9.17, 15) is 9.59 Å². The zero-order valence-corrected chi connectivity index (χ0v) is 10.8. The number of rotatable bonds is 4. The summed E-state index contributed by atoms with van der Waals surface area (Å²) < 4.78 is 0. The second-order valence-corrected chi connectivity index (χ2v) is 4.62. The Balaban J connectivity index is 1.75. The van der Waals surface area contributed by atoms with E-state index in [4.69, 9.17) is 5.73 Å². The van der Waals surface area contributed by atoms with Crippen LogP contribution in [0.5, 0.6) is 0 Å². The van der Waals surface area contributed by atoms with E-state index in [1.165, 1.54) is 6.20 Å². The van der Waals surface area contributed by atoms with Crippen molar-refractivity contribution in [2.24, 2.45) is 0 Å². The highest BCUT2D eigenvalue weighted by Crippen LogP contribution is 2.06. The average Bonchev–Trinajstić information content (AvgIpc) is 2.93. The van der Waals surface area contributed by atoms with Crippen LogP contribution in [0.2, 0.25) is 0 Å². The van der Waals surface area contributed by atoms with Crippen LogP contribution in [0.3, 0.4) is 0 Å². The summed E-state index contributed by atoms with van der Waals surface area (Å²) in [5, 5.41) is 2.62. The molecule has 0 atom stereocenters. The van der Waals surface area contributed by atoms with Gasteiger partial charge >= 0.3 is 0 Å². The number of carbonyl (C=O) groups excluding carboxylic acids is 2. The Morgan fingerprint density at radius 1 is 1.32 bits per heavy atom. The Labute approximate surface area is 112 Å². The van der Waals surface area contributed by atoms with Gasteiger partial charge in [-0.15, -0.1) is 0 Å². The van der Waals surface area contributed by atoms with Crippen molar-refractivity contribution in [3.63, 3.8) is 0 Å².